The molecule has 4 nitrogen and oxygen atoms in total. The fourth-order valence-electron chi connectivity index (χ4n) is 3.15. The van der Waals surface area contributed by atoms with Crippen molar-refractivity contribution in [3.05, 3.63) is 0 Å². The van der Waals surface area contributed by atoms with Crippen molar-refractivity contribution in [2.45, 2.75) is 44.2 Å². The predicted molar refractivity (Wildman–Crippen MR) is 57.9 cm³/mol. The highest BCUT2D eigenvalue weighted by Crippen LogP contribution is 2.35. The SMILES string of the molecule is CCNC1(C(=O)O)CCN2CCCCC21. The molecule has 2 heterocycles. The first-order valence-electron chi connectivity index (χ1n) is 5.93. The first-order valence-corrected chi connectivity index (χ1v) is 5.93. The van der Waals surface area contributed by atoms with E-state index in [9.17, 15) is 9.90 Å². The van der Waals surface area contributed by atoms with E-state index in [1.54, 1.807) is 0 Å². The van der Waals surface area contributed by atoms with Gasteiger partial charge in [0, 0.05) is 12.6 Å². The summed E-state index contributed by atoms with van der Waals surface area (Å²) < 4.78 is 0. The zero-order chi connectivity index (χ0) is 10.9. The molecule has 2 rings (SSSR count). The number of nitrogens with one attached hydrogen (secondary N) is 1. The summed E-state index contributed by atoms with van der Waals surface area (Å²) in [6.07, 6.45) is 4.17. The number of carbonyl (C=O) groups is 1. The molecular formula is C11H20N2O2. The molecule has 2 saturated heterocycles. The third-order valence-corrected chi connectivity index (χ3v) is 3.85. The number of hydrogen-bond acceptors (Lipinski definition) is 3. The number of fused-ring (bicyclic) bond motifs is 1. The molecule has 2 aliphatic heterocycles. The van der Waals surface area contributed by atoms with Crippen molar-refractivity contribution in [1.29, 1.82) is 0 Å². The van der Waals surface area contributed by atoms with Gasteiger partial charge in [0.1, 0.15) is 5.54 Å². The molecule has 2 fully saturated rings. The third kappa shape index (κ3) is 1.66. The zero-order valence-corrected chi connectivity index (χ0v) is 9.33. The van der Waals surface area contributed by atoms with Crippen LogP contribution >= 0.6 is 0 Å². The monoisotopic (exact) mass is 212 g/mol. The Balaban J connectivity index is 2.20. The van der Waals surface area contributed by atoms with Crippen LogP contribution in [0.25, 0.3) is 0 Å². The highest BCUT2D eigenvalue weighted by molar-refractivity contribution is 5.80. The second kappa shape index (κ2) is 4.10. The molecule has 4 heteroatoms. The molecular weight excluding hydrogens is 192 g/mol. The number of carboxylic acid groups (broad SMARTS) is 1. The fourth-order valence-corrected chi connectivity index (χ4v) is 3.15. The second-order valence-corrected chi connectivity index (χ2v) is 4.60. The number of aliphatic carboxylic acids is 1. The van der Waals surface area contributed by atoms with E-state index in [1.807, 2.05) is 6.92 Å². The molecule has 0 aromatic carbocycles. The van der Waals surface area contributed by atoms with E-state index >= 15 is 0 Å². The van der Waals surface area contributed by atoms with Gasteiger partial charge >= 0.3 is 5.97 Å². The molecule has 0 radical (unpaired) electrons. The Bertz CT molecular complexity index is 257. The van der Waals surface area contributed by atoms with Gasteiger partial charge in [-0.25, -0.2) is 0 Å². The lowest BCUT2D eigenvalue weighted by Crippen LogP contribution is -2.60. The minimum atomic E-state index is -0.671. The average molecular weight is 212 g/mol. The van der Waals surface area contributed by atoms with E-state index in [-0.39, 0.29) is 6.04 Å². The molecule has 0 bridgehead atoms. The largest absolute Gasteiger partial charge is 0.480 e. The van der Waals surface area contributed by atoms with E-state index in [4.69, 9.17) is 0 Å². The molecule has 0 spiro atoms. The third-order valence-electron chi connectivity index (χ3n) is 3.85. The van der Waals surface area contributed by atoms with E-state index in [0.717, 1.165) is 32.5 Å². The summed E-state index contributed by atoms with van der Waals surface area (Å²) in [5.41, 5.74) is -0.671. The summed E-state index contributed by atoms with van der Waals surface area (Å²) in [6, 6.07) is 0.212. The zero-order valence-electron chi connectivity index (χ0n) is 9.33. The van der Waals surface area contributed by atoms with Crippen LogP contribution < -0.4 is 5.32 Å². The van der Waals surface area contributed by atoms with Crippen LogP contribution in [-0.4, -0.2) is 47.2 Å². The number of likely N-dealkylation sites (N-methyl/N-ethyl adjacent to an activating group) is 1. The standard InChI is InChI=1S/C11H20N2O2/c1-2-12-11(10(14)15)6-8-13-7-4-3-5-9(11)13/h9,12H,2-8H2,1H3,(H,14,15). The van der Waals surface area contributed by atoms with Crippen molar-refractivity contribution < 1.29 is 9.90 Å². The number of piperidine rings is 1. The van der Waals surface area contributed by atoms with Crippen LogP contribution in [0.2, 0.25) is 0 Å². The highest BCUT2D eigenvalue weighted by Gasteiger charge is 2.52. The van der Waals surface area contributed by atoms with Gasteiger partial charge in [0.2, 0.25) is 0 Å². The minimum absolute atomic E-state index is 0.212. The van der Waals surface area contributed by atoms with Crippen LogP contribution in [0, 0.1) is 0 Å². The second-order valence-electron chi connectivity index (χ2n) is 4.60. The van der Waals surface area contributed by atoms with Crippen molar-refractivity contribution in [3.8, 4) is 0 Å². The van der Waals surface area contributed by atoms with Crippen molar-refractivity contribution in [1.82, 2.24) is 10.2 Å². The number of rotatable bonds is 3. The average Bonchev–Trinajstić information content (AvgIpc) is 2.60. The van der Waals surface area contributed by atoms with Crippen molar-refractivity contribution >= 4 is 5.97 Å². The summed E-state index contributed by atoms with van der Waals surface area (Å²) in [6.45, 7) is 4.72. The highest BCUT2D eigenvalue weighted by atomic mass is 16.4. The van der Waals surface area contributed by atoms with Gasteiger partial charge in [-0.05, 0) is 32.4 Å². The van der Waals surface area contributed by atoms with Crippen LogP contribution in [-0.2, 0) is 4.79 Å². The number of carboxylic acids is 1. The van der Waals surface area contributed by atoms with Crippen LogP contribution in [0.1, 0.15) is 32.6 Å². The van der Waals surface area contributed by atoms with Crippen LogP contribution in [0.15, 0.2) is 0 Å². The topological polar surface area (TPSA) is 52.6 Å². The molecule has 86 valence electrons. The maximum absolute atomic E-state index is 11.5. The number of hydrogen-bond donors (Lipinski definition) is 2. The molecule has 0 aromatic heterocycles. The molecule has 0 aliphatic carbocycles. The summed E-state index contributed by atoms with van der Waals surface area (Å²) in [5, 5.41) is 12.7. The van der Waals surface area contributed by atoms with Gasteiger partial charge in [0.05, 0.1) is 0 Å². The van der Waals surface area contributed by atoms with Gasteiger partial charge in [-0.15, -0.1) is 0 Å². The lowest BCUT2D eigenvalue weighted by atomic mass is 9.85. The smallest absolute Gasteiger partial charge is 0.325 e. The van der Waals surface area contributed by atoms with E-state index in [0.29, 0.717) is 0 Å². The lowest BCUT2D eigenvalue weighted by Gasteiger charge is -2.38. The number of nitrogens with zero attached hydrogens (tertiary/aromatic N) is 1. The summed E-state index contributed by atoms with van der Waals surface area (Å²) in [7, 11) is 0. The van der Waals surface area contributed by atoms with Crippen LogP contribution in [0.4, 0.5) is 0 Å². The molecule has 0 saturated carbocycles. The Hall–Kier alpha value is -0.610. The summed E-state index contributed by atoms with van der Waals surface area (Å²) in [5.74, 6) is -0.668. The van der Waals surface area contributed by atoms with E-state index in [1.165, 1.54) is 12.8 Å². The first kappa shape index (κ1) is 10.9. The molecule has 15 heavy (non-hydrogen) atoms. The molecule has 2 aliphatic rings. The van der Waals surface area contributed by atoms with Crippen molar-refractivity contribution in [2.75, 3.05) is 19.6 Å². The van der Waals surface area contributed by atoms with Gasteiger partial charge in [0.25, 0.3) is 0 Å². The maximum Gasteiger partial charge on any atom is 0.325 e. The minimum Gasteiger partial charge on any atom is -0.480 e. The van der Waals surface area contributed by atoms with E-state index < -0.39 is 11.5 Å². The predicted octanol–water partition coefficient (Wildman–Crippen LogP) is 0.677. The Labute approximate surface area is 90.6 Å². The van der Waals surface area contributed by atoms with Crippen LogP contribution in [0.5, 0.6) is 0 Å². The van der Waals surface area contributed by atoms with Crippen LogP contribution in [0.3, 0.4) is 0 Å². The Morgan fingerprint density at radius 3 is 3.00 bits per heavy atom. The summed E-state index contributed by atoms with van der Waals surface area (Å²) in [4.78, 5) is 13.8. The van der Waals surface area contributed by atoms with Gasteiger partial charge in [-0.3, -0.25) is 9.69 Å². The maximum atomic E-state index is 11.5. The Morgan fingerprint density at radius 1 is 1.53 bits per heavy atom. The first-order chi connectivity index (χ1) is 7.20. The summed E-state index contributed by atoms with van der Waals surface area (Å²) >= 11 is 0. The fraction of sp³-hybridized carbons (Fsp3) is 0.909. The van der Waals surface area contributed by atoms with Crippen molar-refractivity contribution in [2.24, 2.45) is 0 Å². The van der Waals surface area contributed by atoms with Gasteiger partial charge in [-0.1, -0.05) is 13.3 Å². The molecule has 2 atom stereocenters. The molecule has 2 unspecified atom stereocenters. The van der Waals surface area contributed by atoms with Crippen molar-refractivity contribution in [3.63, 3.8) is 0 Å². The van der Waals surface area contributed by atoms with Gasteiger partial charge in [-0.2, -0.15) is 0 Å². The quantitative estimate of drug-likeness (QED) is 0.722. The lowest BCUT2D eigenvalue weighted by molar-refractivity contribution is -0.146. The molecule has 0 aromatic rings. The Morgan fingerprint density at radius 2 is 2.33 bits per heavy atom. The van der Waals surface area contributed by atoms with E-state index in [2.05, 4.69) is 10.2 Å². The Kier molecular flexibility index (Phi) is 2.98. The van der Waals surface area contributed by atoms with Gasteiger partial charge in [0.15, 0.2) is 0 Å². The van der Waals surface area contributed by atoms with Gasteiger partial charge < -0.3 is 10.4 Å². The molecule has 0 amide bonds. The normalized spacial score (nSPS) is 36.5. The molecule has 2 N–H and O–H groups in total.